The molecule has 102 valence electrons. The molecule has 0 atom stereocenters. The number of benzene rings is 1. The molecule has 0 aromatic heterocycles. The van der Waals surface area contributed by atoms with Crippen molar-refractivity contribution < 1.29 is 17.9 Å². The van der Waals surface area contributed by atoms with E-state index in [1.165, 1.54) is 12.1 Å². The van der Waals surface area contributed by atoms with Crippen LogP contribution in [-0.4, -0.2) is 27.3 Å². The number of methoxy groups -OCH3 is 1. The van der Waals surface area contributed by atoms with Gasteiger partial charge in [-0.2, -0.15) is 13.2 Å². The van der Waals surface area contributed by atoms with Crippen LogP contribution in [0.4, 0.5) is 18.9 Å². The normalized spacial score (nSPS) is 11.7. The molecule has 0 spiro atoms. The number of likely N-dealkylation sites (N-methyl/N-ethyl adjacent to an activating group) is 1. The second kappa shape index (κ2) is 6.43. The Morgan fingerprint density at radius 3 is 2.50 bits per heavy atom. The average molecular weight is 326 g/mol. The van der Waals surface area contributed by atoms with E-state index in [1.54, 1.807) is 25.1 Å². The summed E-state index contributed by atoms with van der Waals surface area (Å²) in [6, 6.07) is 4.35. The molecule has 0 heterocycles. The summed E-state index contributed by atoms with van der Waals surface area (Å²) < 4.78 is 43.5. The van der Waals surface area contributed by atoms with E-state index in [2.05, 4.69) is 15.9 Å². The number of hydrogen-bond acceptors (Lipinski definition) is 2. The molecule has 0 amide bonds. The van der Waals surface area contributed by atoms with Gasteiger partial charge in [-0.3, -0.25) is 0 Å². The van der Waals surface area contributed by atoms with Crippen LogP contribution in [0.25, 0.3) is 0 Å². The quantitative estimate of drug-likeness (QED) is 0.766. The van der Waals surface area contributed by atoms with Crippen molar-refractivity contribution in [3.63, 3.8) is 0 Å². The Bertz CT molecular complexity index is 395. The SMILES string of the molecule is COCCN(C)c1ccc(CBr)c(C(F)(F)F)c1. The number of alkyl halides is 4. The van der Waals surface area contributed by atoms with Crippen molar-refractivity contribution in [2.75, 3.05) is 32.2 Å². The van der Waals surface area contributed by atoms with Crippen LogP contribution in [0.5, 0.6) is 0 Å². The van der Waals surface area contributed by atoms with Gasteiger partial charge in [-0.1, -0.05) is 22.0 Å². The van der Waals surface area contributed by atoms with E-state index in [1.807, 2.05) is 0 Å². The van der Waals surface area contributed by atoms with E-state index < -0.39 is 11.7 Å². The highest BCUT2D eigenvalue weighted by molar-refractivity contribution is 9.08. The monoisotopic (exact) mass is 325 g/mol. The van der Waals surface area contributed by atoms with Gasteiger partial charge in [-0.15, -0.1) is 0 Å². The average Bonchev–Trinajstić information content (AvgIpc) is 2.34. The van der Waals surface area contributed by atoms with E-state index in [4.69, 9.17) is 4.74 Å². The Morgan fingerprint density at radius 2 is 2.00 bits per heavy atom. The highest BCUT2D eigenvalue weighted by Gasteiger charge is 2.33. The van der Waals surface area contributed by atoms with E-state index in [0.717, 1.165) is 0 Å². The fourth-order valence-electron chi connectivity index (χ4n) is 1.54. The minimum Gasteiger partial charge on any atom is -0.383 e. The van der Waals surface area contributed by atoms with Crippen LogP contribution in [-0.2, 0) is 16.2 Å². The largest absolute Gasteiger partial charge is 0.416 e. The zero-order chi connectivity index (χ0) is 13.8. The summed E-state index contributed by atoms with van der Waals surface area (Å²) in [6.07, 6.45) is -4.33. The maximum absolute atomic E-state index is 12.9. The van der Waals surface area contributed by atoms with Gasteiger partial charge in [0.25, 0.3) is 0 Å². The highest BCUT2D eigenvalue weighted by atomic mass is 79.9. The highest BCUT2D eigenvalue weighted by Crippen LogP contribution is 2.35. The molecule has 6 heteroatoms. The van der Waals surface area contributed by atoms with Gasteiger partial charge in [0.2, 0.25) is 0 Å². The van der Waals surface area contributed by atoms with E-state index in [9.17, 15) is 13.2 Å². The Morgan fingerprint density at radius 1 is 1.33 bits per heavy atom. The summed E-state index contributed by atoms with van der Waals surface area (Å²) in [5.74, 6) is 0. The molecule has 18 heavy (non-hydrogen) atoms. The van der Waals surface area contributed by atoms with E-state index >= 15 is 0 Å². The molecule has 1 aromatic rings. The van der Waals surface area contributed by atoms with Gasteiger partial charge in [0.15, 0.2) is 0 Å². The third kappa shape index (κ3) is 3.88. The Kier molecular flexibility index (Phi) is 5.47. The second-order valence-electron chi connectivity index (χ2n) is 3.89. The summed E-state index contributed by atoms with van der Waals surface area (Å²) in [6.45, 7) is 1.01. The fraction of sp³-hybridized carbons (Fsp3) is 0.500. The summed E-state index contributed by atoms with van der Waals surface area (Å²) in [4.78, 5) is 1.73. The maximum Gasteiger partial charge on any atom is 0.416 e. The lowest BCUT2D eigenvalue weighted by Gasteiger charge is -2.21. The molecule has 0 radical (unpaired) electrons. The molecule has 0 aliphatic carbocycles. The number of nitrogens with zero attached hydrogens (tertiary/aromatic N) is 1. The standard InChI is InChI=1S/C12H15BrF3NO/c1-17(5-6-18-2)10-4-3-9(8-13)11(7-10)12(14,15)16/h3-4,7H,5-6,8H2,1-2H3. The van der Waals surface area contributed by atoms with Crippen molar-refractivity contribution in [1.82, 2.24) is 0 Å². The number of ether oxygens (including phenoxy) is 1. The topological polar surface area (TPSA) is 12.5 Å². The number of halogens is 4. The number of anilines is 1. The third-order valence-electron chi connectivity index (χ3n) is 2.61. The lowest BCUT2D eigenvalue weighted by Crippen LogP contribution is -2.22. The van der Waals surface area contributed by atoms with Gasteiger partial charge >= 0.3 is 6.18 Å². The van der Waals surface area contributed by atoms with Gasteiger partial charge < -0.3 is 9.64 Å². The molecule has 0 bridgehead atoms. The van der Waals surface area contributed by atoms with Crippen molar-refractivity contribution in [2.45, 2.75) is 11.5 Å². The van der Waals surface area contributed by atoms with Gasteiger partial charge in [-0.05, 0) is 17.7 Å². The molecular weight excluding hydrogens is 311 g/mol. The van der Waals surface area contributed by atoms with Crippen LogP contribution in [0, 0.1) is 0 Å². The molecular formula is C12H15BrF3NO. The smallest absolute Gasteiger partial charge is 0.383 e. The zero-order valence-electron chi connectivity index (χ0n) is 10.2. The minimum atomic E-state index is -4.33. The molecule has 0 aliphatic rings. The molecule has 1 rings (SSSR count). The Balaban J connectivity index is 3.03. The summed E-state index contributed by atoms with van der Waals surface area (Å²) in [5, 5.41) is 0.184. The first kappa shape index (κ1) is 15.3. The molecule has 1 aromatic carbocycles. The van der Waals surface area contributed by atoms with Crippen molar-refractivity contribution in [3.8, 4) is 0 Å². The van der Waals surface area contributed by atoms with Crippen molar-refractivity contribution in [1.29, 1.82) is 0 Å². The molecule has 0 fully saturated rings. The molecule has 0 saturated carbocycles. The zero-order valence-corrected chi connectivity index (χ0v) is 11.8. The van der Waals surface area contributed by atoms with Crippen LogP contribution >= 0.6 is 15.9 Å². The number of hydrogen-bond donors (Lipinski definition) is 0. The Labute approximate surface area is 113 Å². The molecule has 2 nitrogen and oxygen atoms in total. The van der Waals surface area contributed by atoms with Gasteiger partial charge in [0.05, 0.1) is 12.2 Å². The number of rotatable bonds is 5. The second-order valence-corrected chi connectivity index (χ2v) is 4.45. The van der Waals surface area contributed by atoms with Crippen LogP contribution in [0.15, 0.2) is 18.2 Å². The fourth-order valence-corrected chi connectivity index (χ4v) is 2.03. The third-order valence-corrected chi connectivity index (χ3v) is 3.22. The van der Waals surface area contributed by atoms with E-state index in [-0.39, 0.29) is 10.9 Å². The lowest BCUT2D eigenvalue weighted by atomic mass is 10.1. The van der Waals surface area contributed by atoms with Crippen LogP contribution in [0.3, 0.4) is 0 Å². The van der Waals surface area contributed by atoms with Crippen molar-refractivity contribution in [3.05, 3.63) is 29.3 Å². The molecule has 0 saturated heterocycles. The van der Waals surface area contributed by atoms with E-state index in [0.29, 0.717) is 18.8 Å². The molecule has 0 unspecified atom stereocenters. The first-order chi connectivity index (χ1) is 8.40. The predicted molar refractivity (Wildman–Crippen MR) is 69.2 cm³/mol. The molecule has 0 aliphatic heterocycles. The summed E-state index contributed by atoms with van der Waals surface area (Å²) in [5.41, 5.74) is 0.177. The maximum atomic E-state index is 12.9. The Hall–Kier alpha value is -0.750. The molecule has 0 N–H and O–H groups in total. The van der Waals surface area contributed by atoms with Crippen molar-refractivity contribution in [2.24, 2.45) is 0 Å². The summed E-state index contributed by atoms with van der Waals surface area (Å²) >= 11 is 3.07. The van der Waals surface area contributed by atoms with Gasteiger partial charge in [-0.25, -0.2) is 0 Å². The minimum absolute atomic E-state index is 0.184. The summed E-state index contributed by atoms with van der Waals surface area (Å²) in [7, 11) is 3.30. The van der Waals surface area contributed by atoms with Crippen LogP contribution in [0.1, 0.15) is 11.1 Å². The van der Waals surface area contributed by atoms with Crippen LogP contribution in [0.2, 0.25) is 0 Å². The lowest BCUT2D eigenvalue weighted by molar-refractivity contribution is -0.138. The van der Waals surface area contributed by atoms with Gasteiger partial charge in [0.1, 0.15) is 0 Å². The predicted octanol–water partition coefficient (Wildman–Crippen LogP) is 3.68. The van der Waals surface area contributed by atoms with Crippen molar-refractivity contribution >= 4 is 21.6 Å². The first-order valence-corrected chi connectivity index (χ1v) is 6.48. The van der Waals surface area contributed by atoms with Crippen LogP contribution < -0.4 is 4.90 Å². The first-order valence-electron chi connectivity index (χ1n) is 5.36. The van der Waals surface area contributed by atoms with Gasteiger partial charge in [0, 0.05) is 31.7 Å².